The molecule has 0 unspecified atom stereocenters. The highest BCUT2D eigenvalue weighted by Crippen LogP contribution is 2.38. The minimum Gasteiger partial charge on any atom is -0.352 e. The van der Waals surface area contributed by atoms with E-state index in [1.54, 1.807) is 0 Å². The maximum atomic E-state index is 6.25. The van der Waals surface area contributed by atoms with Crippen molar-refractivity contribution < 1.29 is 9.47 Å². The lowest BCUT2D eigenvalue weighted by molar-refractivity contribution is -0.287. The van der Waals surface area contributed by atoms with Crippen molar-refractivity contribution >= 4 is 0 Å². The zero-order chi connectivity index (χ0) is 12.5. The smallest absolute Gasteiger partial charge is 0.161 e. The molecular formula is C15H26O2. The van der Waals surface area contributed by atoms with Gasteiger partial charge in [-0.1, -0.05) is 39.8 Å². The predicted octanol–water partition coefficient (Wildman–Crippen LogP) is 3.77. The number of rotatable bonds is 2. The average molecular weight is 238 g/mol. The molecule has 0 N–H and O–H groups in total. The second kappa shape index (κ2) is 5.11. The quantitative estimate of drug-likeness (QED) is 0.682. The van der Waals surface area contributed by atoms with Gasteiger partial charge in [0.2, 0.25) is 0 Å². The lowest BCUT2D eigenvalue weighted by Gasteiger charge is -2.46. The predicted molar refractivity (Wildman–Crippen MR) is 69.7 cm³/mol. The van der Waals surface area contributed by atoms with E-state index in [-0.39, 0.29) is 11.7 Å². The maximum absolute atomic E-state index is 6.25. The van der Waals surface area contributed by atoms with Gasteiger partial charge in [-0.15, -0.1) is 0 Å². The van der Waals surface area contributed by atoms with E-state index in [0.29, 0.717) is 17.9 Å². The molecule has 0 amide bonds. The molecule has 0 spiro atoms. The summed E-state index contributed by atoms with van der Waals surface area (Å²) in [5.74, 6) is 1.10. The van der Waals surface area contributed by atoms with Crippen molar-refractivity contribution in [1.29, 1.82) is 0 Å². The van der Waals surface area contributed by atoms with Crippen LogP contribution in [0, 0.1) is 17.3 Å². The van der Waals surface area contributed by atoms with E-state index < -0.39 is 0 Å². The van der Waals surface area contributed by atoms with Crippen molar-refractivity contribution in [2.45, 2.75) is 59.4 Å². The fourth-order valence-electron chi connectivity index (χ4n) is 3.12. The third-order valence-corrected chi connectivity index (χ3v) is 3.97. The molecule has 98 valence electrons. The van der Waals surface area contributed by atoms with Gasteiger partial charge in [0.05, 0.1) is 12.7 Å². The molecule has 3 atom stereocenters. The third kappa shape index (κ3) is 2.92. The second-order valence-corrected chi connectivity index (χ2v) is 6.51. The molecule has 1 saturated heterocycles. The van der Waals surface area contributed by atoms with E-state index in [9.17, 15) is 0 Å². The van der Waals surface area contributed by atoms with Gasteiger partial charge in [0.1, 0.15) is 0 Å². The molecule has 0 bridgehead atoms. The Balaban J connectivity index is 2.01. The van der Waals surface area contributed by atoms with E-state index in [2.05, 4.69) is 39.8 Å². The first kappa shape index (κ1) is 13.1. The molecule has 0 radical (unpaired) electrons. The van der Waals surface area contributed by atoms with Gasteiger partial charge in [0, 0.05) is 11.3 Å². The molecule has 2 rings (SSSR count). The molecule has 1 heterocycles. The molecule has 0 saturated carbocycles. The Kier molecular flexibility index (Phi) is 3.94. The zero-order valence-corrected chi connectivity index (χ0v) is 11.6. The monoisotopic (exact) mass is 238 g/mol. The molecule has 17 heavy (non-hydrogen) atoms. The molecule has 1 aliphatic heterocycles. The summed E-state index contributed by atoms with van der Waals surface area (Å²) in [7, 11) is 0. The van der Waals surface area contributed by atoms with Crippen LogP contribution in [0.1, 0.15) is 47.0 Å². The molecular weight excluding hydrogens is 212 g/mol. The summed E-state index contributed by atoms with van der Waals surface area (Å²) in [6, 6.07) is 0. The minimum absolute atomic E-state index is 0.0142. The Labute approximate surface area is 105 Å². The first-order valence-electron chi connectivity index (χ1n) is 6.93. The van der Waals surface area contributed by atoms with Crippen LogP contribution in [-0.2, 0) is 9.47 Å². The van der Waals surface area contributed by atoms with Crippen LogP contribution >= 0.6 is 0 Å². The van der Waals surface area contributed by atoms with Crippen LogP contribution in [0.5, 0.6) is 0 Å². The van der Waals surface area contributed by atoms with Crippen molar-refractivity contribution in [1.82, 2.24) is 0 Å². The summed E-state index contributed by atoms with van der Waals surface area (Å²) < 4.78 is 12.2. The highest BCUT2D eigenvalue weighted by molar-refractivity contribution is 4.93. The second-order valence-electron chi connectivity index (χ2n) is 6.51. The molecule has 2 nitrogen and oxygen atoms in total. The Morgan fingerprint density at radius 3 is 2.59 bits per heavy atom. The van der Waals surface area contributed by atoms with Crippen LogP contribution in [-0.4, -0.2) is 19.0 Å². The summed E-state index contributed by atoms with van der Waals surface area (Å²) in [5, 5.41) is 0. The number of allylic oxidation sites excluding steroid dienone is 2. The molecule has 0 aromatic heterocycles. The van der Waals surface area contributed by atoms with E-state index >= 15 is 0 Å². The molecule has 2 heteroatoms. The van der Waals surface area contributed by atoms with Gasteiger partial charge in [-0.2, -0.15) is 0 Å². The van der Waals surface area contributed by atoms with Crippen molar-refractivity contribution in [3.05, 3.63) is 12.2 Å². The fraction of sp³-hybridized carbons (Fsp3) is 0.867. The van der Waals surface area contributed by atoms with Gasteiger partial charge < -0.3 is 9.47 Å². The van der Waals surface area contributed by atoms with E-state index in [4.69, 9.17) is 9.47 Å². The van der Waals surface area contributed by atoms with Crippen LogP contribution in [0.2, 0.25) is 0 Å². The maximum Gasteiger partial charge on any atom is 0.161 e. The summed E-state index contributed by atoms with van der Waals surface area (Å²) in [5.41, 5.74) is 0.134. The van der Waals surface area contributed by atoms with Crippen LogP contribution in [0.15, 0.2) is 12.2 Å². The van der Waals surface area contributed by atoms with Crippen LogP contribution in [0.3, 0.4) is 0 Å². The van der Waals surface area contributed by atoms with Crippen LogP contribution in [0.25, 0.3) is 0 Å². The Hall–Kier alpha value is -0.340. The third-order valence-electron chi connectivity index (χ3n) is 3.97. The summed E-state index contributed by atoms with van der Waals surface area (Å²) in [6.07, 6.45) is 8.34. The van der Waals surface area contributed by atoms with E-state index in [1.807, 2.05) is 0 Å². The van der Waals surface area contributed by atoms with Gasteiger partial charge in [0.15, 0.2) is 6.29 Å². The van der Waals surface area contributed by atoms with Gasteiger partial charge in [0.25, 0.3) is 0 Å². The largest absolute Gasteiger partial charge is 0.352 e. The summed E-state index contributed by atoms with van der Waals surface area (Å²) in [6.45, 7) is 9.80. The van der Waals surface area contributed by atoms with Gasteiger partial charge >= 0.3 is 0 Å². The molecule has 0 aromatic carbocycles. The van der Waals surface area contributed by atoms with E-state index in [1.165, 1.54) is 12.8 Å². The zero-order valence-electron chi connectivity index (χ0n) is 11.6. The number of hydrogen-bond acceptors (Lipinski definition) is 2. The van der Waals surface area contributed by atoms with Crippen molar-refractivity contribution in [3.8, 4) is 0 Å². The standard InChI is InChI=1S/C15H26O2/c1-11(2)13-15(3,4)10-16-14(17-13)12-8-6-5-7-9-12/h5-6,11-14H,7-10H2,1-4H3/t12-,13+,14+/m0/s1. The van der Waals surface area contributed by atoms with Crippen molar-refractivity contribution in [2.24, 2.45) is 17.3 Å². The topological polar surface area (TPSA) is 18.5 Å². The summed E-state index contributed by atoms with van der Waals surface area (Å²) in [4.78, 5) is 0. The minimum atomic E-state index is 0.0142. The van der Waals surface area contributed by atoms with Crippen molar-refractivity contribution in [2.75, 3.05) is 6.61 Å². The Morgan fingerprint density at radius 2 is 2.00 bits per heavy atom. The normalized spacial score (nSPS) is 37.4. The number of ether oxygens (including phenoxy) is 2. The molecule has 1 aliphatic carbocycles. The summed E-state index contributed by atoms with van der Waals surface area (Å²) >= 11 is 0. The lowest BCUT2D eigenvalue weighted by atomic mass is 9.80. The van der Waals surface area contributed by atoms with Crippen molar-refractivity contribution in [3.63, 3.8) is 0 Å². The van der Waals surface area contributed by atoms with E-state index in [0.717, 1.165) is 13.0 Å². The Morgan fingerprint density at radius 1 is 1.24 bits per heavy atom. The molecule has 0 aromatic rings. The highest BCUT2D eigenvalue weighted by atomic mass is 16.7. The molecule has 1 fully saturated rings. The molecule has 2 aliphatic rings. The fourth-order valence-corrected chi connectivity index (χ4v) is 3.12. The Bertz CT molecular complexity index is 281. The lowest BCUT2D eigenvalue weighted by Crippen LogP contribution is -2.50. The first-order valence-corrected chi connectivity index (χ1v) is 6.93. The number of hydrogen-bond donors (Lipinski definition) is 0. The first-order chi connectivity index (χ1) is 8.00. The SMILES string of the molecule is CC(C)[C@H]1O[C@H]([C@H]2CC=CCC2)OCC1(C)C. The van der Waals surface area contributed by atoms with Crippen LogP contribution < -0.4 is 0 Å². The highest BCUT2D eigenvalue weighted by Gasteiger charge is 2.41. The van der Waals surface area contributed by atoms with Crippen LogP contribution in [0.4, 0.5) is 0 Å². The average Bonchev–Trinajstić information content (AvgIpc) is 2.29. The van der Waals surface area contributed by atoms with Gasteiger partial charge in [-0.05, 0) is 25.2 Å². The van der Waals surface area contributed by atoms with Gasteiger partial charge in [-0.3, -0.25) is 0 Å². The van der Waals surface area contributed by atoms with Gasteiger partial charge in [-0.25, -0.2) is 0 Å².